The summed E-state index contributed by atoms with van der Waals surface area (Å²) < 4.78 is 19.2. The van der Waals surface area contributed by atoms with E-state index in [-0.39, 0.29) is 5.89 Å². The number of hydrogen-bond acceptors (Lipinski definition) is 4. The van der Waals surface area contributed by atoms with Gasteiger partial charge in [0.1, 0.15) is 11.9 Å². The van der Waals surface area contributed by atoms with Gasteiger partial charge in [-0.05, 0) is 54.1 Å². The number of nitrogens with zero attached hydrogens (tertiary/aromatic N) is 2. The van der Waals surface area contributed by atoms with Crippen molar-refractivity contribution in [3.05, 3.63) is 101 Å². The summed E-state index contributed by atoms with van der Waals surface area (Å²) in [7, 11) is 0. The molecule has 1 heterocycles. The van der Waals surface area contributed by atoms with E-state index in [2.05, 4.69) is 20.8 Å². The van der Waals surface area contributed by atoms with Gasteiger partial charge in [0, 0.05) is 16.3 Å². The number of anilines is 1. The number of hydrogen-bond donors (Lipinski definition) is 2. The summed E-state index contributed by atoms with van der Waals surface area (Å²) in [5, 5.41) is 14.2. The van der Waals surface area contributed by atoms with Crippen molar-refractivity contribution in [1.82, 2.24) is 15.5 Å². The van der Waals surface area contributed by atoms with Gasteiger partial charge < -0.3 is 15.1 Å². The Bertz CT molecular complexity index is 1130. The number of carbonyl (C=O) groups is 1. The number of halogens is 2. The zero-order valence-electron chi connectivity index (χ0n) is 15.5. The van der Waals surface area contributed by atoms with Crippen molar-refractivity contribution in [2.45, 2.75) is 6.04 Å². The second-order valence-electron chi connectivity index (χ2n) is 6.40. The summed E-state index contributed by atoms with van der Waals surface area (Å²) in [6, 6.07) is 20.4. The van der Waals surface area contributed by atoms with Crippen molar-refractivity contribution in [3.8, 4) is 11.5 Å². The Kier molecular flexibility index (Phi) is 5.72. The maximum absolute atomic E-state index is 13.4. The van der Waals surface area contributed by atoms with E-state index in [1.54, 1.807) is 36.4 Å². The Hall–Kier alpha value is -3.71. The van der Waals surface area contributed by atoms with Crippen molar-refractivity contribution in [1.29, 1.82) is 0 Å². The maximum Gasteiger partial charge on any atom is 0.320 e. The van der Waals surface area contributed by atoms with Gasteiger partial charge in [0.2, 0.25) is 11.8 Å². The zero-order chi connectivity index (χ0) is 20.9. The normalized spacial score (nSPS) is 11.7. The molecule has 0 aliphatic carbocycles. The lowest BCUT2D eigenvalue weighted by molar-refractivity contribution is 0.248. The molecule has 0 saturated carbocycles. The van der Waals surface area contributed by atoms with Crippen molar-refractivity contribution < 1.29 is 13.6 Å². The first-order chi connectivity index (χ1) is 14.6. The Morgan fingerprint density at radius 3 is 2.33 bits per heavy atom. The highest BCUT2D eigenvalue weighted by Gasteiger charge is 2.23. The number of carbonyl (C=O) groups excluding carboxylic acids is 1. The van der Waals surface area contributed by atoms with E-state index in [9.17, 15) is 9.18 Å². The predicted octanol–water partition coefficient (Wildman–Crippen LogP) is 5.44. The van der Waals surface area contributed by atoms with E-state index in [0.717, 1.165) is 5.56 Å². The monoisotopic (exact) mass is 422 g/mol. The first-order valence-corrected chi connectivity index (χ1v) is 9.43. The minimum atomic E-state index is -0.775. The van der Waals surface area contributed by atoms with Crippen LogP contribution >= 0.6 is 11.6 Å². The number of rotatable bonds is 5. The van der Waals surface area contributed by atoms with Gasteiger partial charge in [0.05, 0.1) is 0 Å². The van der Waals surface area contributed by atoms with Gasteiger partial charge in [-0.3, -0.25) is 0 Å². The lowest BCUT2D eigenvalue weighted by Gasteiger charge is -2.16. The van der Waals surface area contributed by atoms with Gasteiger partial charge in [-0.15, -0.1) is 10.2 Å². The van der Waals surface area contributed by atoms with Gasteiger partial charge in [0.15, 0.2) is 0 Å². The fourth-order valence-corrected chi connectivity index (χ4v) is 2.95. The van der Waals surface area contributed by atoms with Crippen LogP contribution in [0.15, 0.2) is 83.3 Å². The van der Waals surface area contributed by atoms with Crippen molar-refractivity contribution in [2.24, 2.45) is 0 Å². The minimum absolute atomic E-state index is 0.173. The van der Waals surface area contributed by atoms with Crippen LogP contribution in [0.25, 0.3) is 11.5 Å². The fourth-order valence-electron chi connectivity index (χ4n) is 2.82. The number of urea groups is 1. The summed E-state index contributed by atoms with van der Waals surface area (Å²) in [6.07, 6.45) is 0. The molecule has 8 heteroatoms. The van der Waals surface area contributed by atoms with Gasteiger partial charge in [-0.2, -0.15) is 0 Å². The van der Waals surface area contributed by atoms with Gasteiger partial charge in [-0.1, -0.05) is 41.9 Å². The largest absolute Gasteiger partial charge is 0.418 e. The third kappa shape index (κ3) is 4.64. The predicted molar refractivity (Wildman–Crippen MR) is 112 cm³/mol. The van der Waals surface area contributed by atoms with E-state index in [1.165, 1.54) is 12.1 Å². The Morgan fingerprint density at radius 2 is 1.63 bits per heavy atom. The van der Waals surface area contributed by atoms with Gasteiger partial charge in [-0.25, -0.2) is 9.18 Å². The summed E-state index contributed by atoms with van der Waals surface area (Å²) in [5.74, 6) is 0.1000. The summed E-state index contributed by atoms with van der Waals surface area (Å²) in [6.45, 7) is 0. The van der Waals surface area contributed by atoms with Crippen LogP contribution in [-0.4, -0.2) is 16.2 Å². The average molecular weight is 423 g/mol. The van der Waals surface area contributed by atoms with Crippen LogP contribution in [0.2, 0.25) is 5.02 Å². The molecule has 1 aromatic heterocycles. The van der Waals surface area contributed by atoms with Crippen LogP contribution < -0.4 is 10.6 Å². The van der Waals surface area contributed by atoms with Gasteiger partial charge in [0.25, 0.3) is 0 Å². The first-order valence-electron chi connectivity index (χ1n) is 9.06. The smallest absolute Gasteiger partial charge is 0.320 e. The lowest BCUT2D eigenvalue weighted by atomic mass is 10.1. The number of nitrogens with one attached hydrogen (secondary N) is 2. The molecule has 3 aromatic carbocycles. The van der Waals surface area contributed by atoms with Crippen LogP contribution in [0.3, 0.4) is 0 Å². The molecule has 0 fully saturated rings. The van der Waals surface area contributed by atoms with Crippen molar-refractivity contribution in [3.63, 3.8) is 0 Å². The van der Waals surface area contributed by atoms with Crippen molar-refractivity contribution in [2.75, 3.05) is 5.32 Å². The van der Waals surface area contributed by atoms with E-state index >= 15 is 0 Å². The van der Waals surface area contributed by atoms with E-state index < -0.39 is 17.9 Å². The summed E-state index contributed by atoms with van der Waals surface area (Å²) >= 11 is 5.87. The van der Waals surface area contributed by atoms with Crippen molar-refractivity contribution >= 4 is 23.3 Å². The highest BCUT2D eigenvalue weighted by atomic mass is 35.5. The van der Waals surface area contributed by atoms with Crippen LogP contribution in [0.4, 0.5) is 14.9 Å². The van der Waals surface area contributed by atoms with Crippen LogP contribution in [0, 0.1) is 5.82 Å². The maximum atomic E-state index is 13.4. The third-order valence-electron chi connectivity index (χ3n) is 4.29. The molecule has 1 atom stereocenters. The van der Waals surface area contributed by atoms with E-state index in [4.69, 9.17) is 16.0 Å². The third-order valence-corrected chi connectivity index (χ3v) is 4.54. The second kappa shape index (κ2) is 8.75. The average Bonchev–Trinajstić information content (AvgIpc) is 3.25. The standard InChI is InChI=1S/C22H16ClFN4O2/c23-16-8-12-18(13-9-16)25-22(29)26-19(14-6-10-17(24)11-7-14)21-28-27-20(30-21)15-4-2-1-3-5-15/h1-13,19H,(H2,25,26,29)/t19-/m0/s1. The molecule has 2 amide bonds. The molecule has 0 radical (unpaired) electrons. The highest BCUT2D eigenvalue weighted by Crippen LogP contribution is 2.25. The van der Waals surface area contributed by atoms with Crippen LogP contribution in [-0.2, 0) is 0 Å². The molecule has 0 aliphatic heterocycles. The molecule has 30 heavy (non-hydrogen) atoms. The lowest BCUT2D eigenvalue weighted by Crippen LogP contribution is -2.33. The first kappa shape index (κ1) is 19.6. The molecule has 4 rings (SSSR count). The Labute approximate surface area is 176 Å². The molecule has 0 bridgehead atoms. The molecule has 0 aliphatic rings. The van der Waals surface area contributed by atoms with Crippen LogP contribution in [0.1, 0.15) is 17.5 Å². The molecule has 4 aromatic rings. The minimum Gasteiger partial charge on any atom is -0.418 e. The number of amides is 2. The molecule has 0 unspecified atom stereocenters. The molecule has 6 nitrogen and oxygen atoms in total. The molecular weight excluding hydrogens is 407 g/mol. The molecule has 0 saturated heterocycles. The number of benzene rings is 3. The van der Waals surface area contributed by atoms with E-state index in [1.807, 2.05) is 30.3 Å². The summed E-state index contributed by atoms with van der Waals surface area (Å²) in [4.78, 5) is 12.6. The summed E-state index contributed by atoms with van der Waals surface area (Å²) in [5.41, 5.74) is 1.90. The number of aromatic nitrogens is 2. The Morgan fingerprint density at radius 1 is 0.933 bits per heavy atom. The molecule has 2 N–H and O–H groups in total. The fraction of sp³-hybridized carbons (Fsp3) is 0.0455. The topological polar surface area (TPSA) is 80.0 Å². The quantitative estimate of drug-likeness (QED) is 0.448. The molecule has 150 valence electrons. The highest BCUT2D eigenvalue weighted by molar-refractivity contribution is 6.30. The molecule has 0 spiro atoms. The SMILES string of the molecule is O=C(Nc1ccc(Cl)cc1)N[C@@H](c1ccc(F)cc1)c1nnc(-c2ccccc2)o1. The van der Waals surface area contributed by atoms with Crippen LogP contribution in [0.5, 0.6) is 0 Å². The second-order valence-corrected chi connectivity index (χ2v) is 6.84. The Balaban J connectivity index is 1.60. The van der Waals surface area contributed by atoms with E-state index in [0.29, 0.717) is 22.2 Å². The van der Waals surface area contributed by atoms with Gasteiger partial charge >= 0.3 is 6.03 Å². The zero-order valence-corrected chi connectivity index (χ0v) is 16.3. The molecular formula is C22H16ClFN4O2.